The Bertz CT molecular complexity index is 709. The monoisotopic (exact) mass is 328 g/mol. The number of aliphatic hydroxyl groups excluding tert-OH is 1. The van der Waals surface area contributed by atoms with E-state index in [4.69, 9.17) is 0 Å². The molecule has 1 heterocycles. The van der Waals surface area contributed by atoms with Crippen LogP contribution in [-0.4, -0.2) is 45.5 Å². The second kappa shape index (κ2) is 7.05. The van der Waals surface area contributed by atoms with Gasteiger partial charge in [0.2, 0.25) is 0 Å². The minimum Gasteiger partial charge on any atom is -0.391 e. The van der Waals surface area contributed by atoms with Gasteiger partial charge in [-0.3, -0.25) is 4.68 Å². The number of likely N-dealkylation sites (N-methyl/N-ethyl adjacent to an activating group) is 1. The van der Waals surface area contributed by atoms with E-state index in [-0.39, 0.29) is 6.03 Å². The zero-order valence-electron chi connectivity index (χ0n) is 14.1. The second-order valence-electron chi connectivity index (χ2n) is 6.55. The van der Waals surface area contributed by atoms with Crippen molar-refractivity contribution in [3.63, 3.8) is 0 Å². The molecular formula is C18H24N4O2. The van der Waals surface area contributed by atoms with E-state index in [0.717, 1.165) is 29.5 Å². The van der Waals surface area contributed by atoms with Crippen LogP contribution in [0.3, 0.4) is 0 Å². The summed E-state index contributed by atoms with van der Waals surface area (Å²) in [5, 5.41) is 17.0. The van der Waals surface area contributed by atoms with Crippen molar-refractivity contribution in [2.75, 3.05) is 13.6 Å². The number of aromatic nitrogens is 2. The molecule has 2 amide bonds. The summed E-state index contributed by atoms with van der Waals surface area (Å²) in [6, 6.07) is 7.88. The van der Waals surface area contributed by atoms with Crippen molar-refractivity contribution >= 4 is 6.03 Å². The van der Waals surface area contributed by atoms with Crippen molar-refractivity contribution in [3.8, 4) is 11.1 Å². The molecule has 2 aromatic rings. The molecule has 1 aromatic heterocycles. The molecule has 2 N–H and O–H groups in total. The van der Waals surface area contributed by atoms with Crippen LogP contribution in [0.1, 0.15) is 18.4 Å². The van der Waals surface area contributed by atoms with Crippen LogP contribution in [0.5, 0.6) is 0 Å². The highest BCUT2D eigenvalue weighted by molar-refractivity contribution is 5.74. The minimum atomic E-state index is -0.408. The highest BCUT2D eigenvalue weighted by atomic mass is 16.3. The first-order chi connectivity index (χ1) is 11.5. The minimum absolute atomic E-state index is 0.165. The Hall–Kier alpha value is -2.34. The first-order valence-electron chi connectivity index (χ1n) is 8.28. The highest BCUT2D eigenvalue weighted by Crippen LogP contribution is 2.32. The van der Waals surface area contributed by atoms with Crippen molar-refractivity contribution < 1.29 is 9.90 Å². The summed E-state index contributed by atoms with van der Waals surface area (Å²) in [5.41, 5.74) is 3.16. The van der Waals surface area contributed by atoms with Crippen LogP contribution in [0.25, 0.3) is 11.1 Å². The highest BCUT2D eigenvalue weighted by Gasteiger charge is 2.31. The average molecular weight is 328 g/mol. The van der Waals surface area contributed by atoms with Crippen molar-refractivity contribution in [3.05, 3.63) is 42.2 Å². The molecule has 0 saturated heterocycles. The van der Waals surface area contributed by atoms with Crippen molar-refractivity contribution in [2.45, 2.75) is 25.5 Å². The lowest BCUT2D eigenvalue weighted by molar-refractivity contribution is 0.113. The Balaban J connectivity index is 1.55. The summed E-state index contributed by atoms with van der Waals surface area (Å²) in [6.45, 7) is 0.836. The summed E-state index contributed by atoms with van der Waals surface area (Å²) in [5.74, 6) is 0.372. The van der Waals surface area contributed by atoms with Gasteiger partial charge in [-0.1, -0.05) is 18.2 Å². The number of nitrogens with one attached hydrogen (secondary N) is 1. The lowest BCUT2D eigenvalue weighted by atomic mass is 10.1. The van der Waals surface area contributed by atoms with Gasteiger partial charge in [0.25, 0.3) is 0 Å². The maximum absolute atomic E-state index is 12.1. The van der Waals surface area contributed by atoms with Crippen LogP contribution < -0.4 is 5.32 Å². The Labute approximate surface area is 142 Å². The normalized spacial score (nSPS) is 15.1. The van der Waals surface area contributed by atoms with Gasteiger partial charge < -0.3 is 15.3 Å². The third-order valence-corrected chi connectivity index (χ3v) is 4.38. The molecule has 1 aromatic carbocycles. The average Bonchev–Trinajstić information content (AvgIpc) is 3.34. The van der Waals surface area contributed by atoms with E-state index in [1.165, 1.54) is 0 Å². The van der Waals surface area contributed by atoms with Crippen LogP contribution in [0, 0.1) is 5.92 Å². The Morgan fingerprint density at radius 3 is 2.92 bits per heavy atom. The number of nitrogens with zero attached hydrogens (tertiary/aromatic N) is 3. The van der Waals surface area contributed by atoms with Gasteiger partial charge >= 0.3 is 6.03 Å². The molecule has 1 unspecified atom stereocenters. The number of hydrogen-bond donors (Lipinski definition) is 2. The first kappa shape index (κ1) is 16.5. The van der Waals surface area contributed by atoms with Gasteiger partial charge in [-0.05, 0) is 36.0 Å². The molecule has 1 aliphatic rings. The zero-order chi connectivity index (χ0) is 17.1. The van der Waals surface area contributed by atoms with Gasteiger partial charge in [-0.15, -0.1) is 0 Å². The molecule has 0 bridgehead atoms. The van der Waals surface area contributed by atoms with E-state index in [1.54, 1.807) is 16.6 Å². The molecule has 0 spiro atoms. The number of aliphatic hydroxyl groups is 1. The zero-order valence-corrected chi connectivity index (χ0v) is 14.1. The summed E-state index contributed by atoms with van der Waals surface area (Å²) in [6.07, 6.45) is 5.51. The van der Waals surface area contributed by atoms with Crippen LogP contribution in [0.15, 0.2) is 36.7 Å². The molecule has 128 valence electrons. The fourth-order valence-corrected chi connectivity index (χ4v) is 2.74. The molecule has 24 heavy (non-hydrogen) atoms. The van der Waals surface area contributed by atoms with Gasteiger partial charge in [0.15, 0.2) is 0 Å². The summed E-state index contributed by atoms with van der Waals surface area (Å²) >= 11 is 0. The number of rotatable bonds is 6. The van der Waals surface area contributed by atoms with E-state index in [2.05, 4.69) is 16.5 Å². The number of amides is 2. The molecule has 1 aliphatic carbocycles. The molecule has 0 radical (unpaired) electrons. The lowest BCUT2D eigenvalue weighted by Gasteiger charge is -2.21. The maximum atomic E-state index is 12.1. The molecular weight excluding hydrogens is 304 g/mol. The third-order valence-electron chi connectivity index (χ3n) is 4.38. The summed E-state index contributed by atoms with van der Waals surface area (Å²) in [7, 11) is 3.60. The molecule has 1 atom stereocenters. The van der Waals surface area contributed by atoms with Crippen molar-refractivity contribution in [1.82, 2.24) is 20.0 Å². The molecule has 0 aliphatic heterocycles. The number of benzene rings is 1. The maximum Gasteiger partial charge on any atom is 0.317 e. The molecule has 1 saturated carbocycles. The number of urea groups is 1. The van der Waals surface area contributed by atoms with Crippen LogP contribution in [-0.2, 0) is 13.6 Å². The number of aryl methyl sites for hydroxylation is 1. The van der Waals surface area contributed by atoms with Gasteiger partial charge in [-0.25, -0.2) is 4.79 Å². The third kappa shape index (κ3) is 4.14. The number of carbonyl (C=O) groups is 1. The molecule has 6 heteroatoms. The molecule has 3 rings (SSSR count). The second-order valence-corrected chi connectivity index (χ2v) is 6.55. The number of carbonyl (C=O) groups excluding carboxylic acids is 1. The lowest BCUT2D eigenvalue weighted by Crippen LogP contribution is -2.41. The first-order valence-corrected chi connectivity index (χ1v) is 8.28. The number of hydrogen-bond acceptors (Lipinski definition) is 3. The molecule has 6 nitrogen and oxygen atoms in total. The van der Waals surface area contributed by atoms with Gasteiger partial charge in [-0.2, -0.15) is 5.10 Å². The van der Waals surface area contributed by atoms with Gasteiger partial charge in [0, 0.05) is 38.9 Å². The van der Waals surface area contributed by atoms with Crippen LogP contribution in [0.2, 0.25) is 0 Å². The summed E-state index contributed by atoms with van der Waals surface area (Å²) < 4.78 is 1.77. The topological polar surface area (TPSA) is 70.4 Å². The standard InChI is InChI=1S/C18H24N4O2/c1-21(12-17(23)14-6-7-14)18(24)19-9-13-4-3-5-15(8-13)16-10-20-22(2)11-16/h3-5,8,10-11,14,17,23H,6-7,9,12H2,1-2H3,(H,19,24). The van der Waals surface area contributed by atoms with E-state index >= 15 is 0 Å². The Morgan fingerprint density at radius 1 is 1.46 bits per heavy atom. The van der Waals surface area contributed by atoms with Gasteiger partial charge in [0.1, 0.15) is 0 Å². The van der Waals surface area contributed by atoms with E-state index < -0.39 is 6.10 Å². The van der Waals surface area contributed by atoms with E-state index in [1.807, 2.05) is 37.6 Å². The Kier molecular flexibility index (Phi) is 4.85. The molecule has 1 fully saturated rings. The summed E-state index contributed by atoms with van der Waals surface area (Å²) in [4.78, 5) is 13.7. The van der Waals surface area contributed by atoms with Crippen molar-refractivity contribution in [1.29, 1.82) is 0 Å². The quantitative estimate of drug-likeness (QED) is 0.852. The fraction of sp³-hybridized carbons (Fsp3) is 0.444. The van der Waals surface area contributed by atoms with Crippen LogP contribution >= 0.6 is 0 Å². The fourth-order valence-electron chi connectivity index (χ4n) is 2.74. The smallest absolute Gasteiger partial charge is 0.317 e. The predicted molar refractivity (Wildman–Crippen MR) is 92.2 cm³/mol. The Morgan fingerprint density at radius 2 is 2.25 bits per heavy atom. The predicted octanol–water partition coefficient (Wildman–Crippen LogP) is 2.00. The van der Waals surface area contributed by atoms with Crippen molar-refractivity contribution in [2.24, 2.45) is 13.0 Å². The van der Waals surface area contributed by atoms with E-state index in [9.17, 15) is 9.90 Å². The van der Waals surface area contributed by atoms with Gasteiger partial charge in [0.05, 0.1) is 12.3 Å². The van der Waals surface area contributed by atoms with E-state index in [0.29, 0.717) is 19.0 Å². The van der Waals surface area contributed by atoms with Crippen LogP contribution in [0.4, 0.5) is 4.79 Å². The largest absolute Gasteiger partial charge is 0.391 e. The SMILES string of the molecule is CN(CC(O)C1CC1)C(=O)NCc1cccc(-c2cnn(C)c2)c1.